The van der Waals surface area contributed by atoms with Crippen LogP contribution in [0.2, 0.25) is 0 Å². The van der Waals surface area contributed by atoms with Crippen molar-refractivity contribution in [1.82, 2.24) is 10.2 Å². The number of likely N-dealkylation sites (tertiary alicyclic amines) is 1. The van der Waals surface area contributed by atoms with Crippen LogP contribution in [-0.2, 0) is 4.74 Å². The van der Waals surface area contributed by atoms with Gasteiger partial charge in [0.2, 0.25) is 0 Å². The van der Waals surface area contributed by atoms with Gasteiger partial charge in [0.15, 0.2) is 0 Å². The molecular formula is C15H28N2O2. The van der Waals surface area contributed by atoms with Crippen LogP contribution in [0.4, 0.5) is 4.79 Å². The molecule has 1 heterocycles. The van der Waals surface area contributed by atoms with E-state index >= 15 is 0 Å². The Morgan fingerprint density at radius 1 is 1.26 bits per heavy atom. The average molecular weight is 268 g/mol. The van der Waals surface area contributed by atoms with Gasteiger partial charge in [-0.1, -0.05) is 12.8 Å². The van der Waals surface area contributed by atoms with Gasteiger partial charge in [-0.25, -0.2) is 4.79 Å². The van der Waals surface area contributed by atoms with E-state index in [0.29, 0.717) is 18.7 Å². The Morgan fingerprint density at radius 3 is 2.47 bits per heavy atom. The first-order valence-electron chi connectivity index (χ1n) is 7.88. The van der Waals surface area contributed by atoms with E-state index < -0.39 is 0 Å². The number of carbonyl (C=O) groups is 1. The summed E-state index contributed by atoms with van der Waals surface area (Å²) in [5.41, 5.74) is 0. The highest BCUT2D eigenvalue weighted by atomic mass is 16.6. The minimum absolute atomic E-state index is 0.148. The van der Waals surface area contributed by atoms with E-state index in [2.05, 4.69) is 12.2 Å². The van der Waals surface area contributed by atoms with E-state index in [4.69, 9.17) is 4.74 Å². The lowest BCUT2D eigenvalue weighted by atomic mass is 9.96. The Balaban J connectivity index is 1.69. The number of amides is 1. The summed E-state index contributed by atoms with van der Waals surface area (Å²) < 4.78 is 5.05. The minimum atomic E-state index is -0.148. The van der Waals surface area contributed by atoms with Gasteiger partial charge in [-0.05, 0) is 45.4 Å². The van der Waals surface area contributed by atoms with E-state index in [1.54, 1.807) is 0 Å². The van der Waals surface area contributed by atoms with E-state index in [9.17, 15) is 4.79 Å². The molecule has 1 atom stereocenters. The van der Waals surface area contributed by atoms with Crippen molar-refractivity contribution in [1.29, 1.82) is 0 Å². The summed E-state index contributed by atoms with van der Waals surface area (Å²) in [4.78, 5) is 13.5. The van der Waals surface area contributed by atoms with Gasteiger partial charge in [-0.2, -0.15) is 0 Å². The molecule has 0 aromatic heterocycles. The van der Waals surface area contributed by atoms with Crippen LogP contribution in [0.3, 0.4) is 0 Å². The maximum Gasteiger partial charge on any atom is 0.409 e. The smallest absolute Gasteiger partial charge is 0.409 e. The van der Waals surface area contributed by atoms with E-state index in [-0.39, 0.29) is 6.09 Å². The van der Waals surface area contributed by atoms with Crippen molar-refractivity contribution in [3.8, 4) is 0 Å². The van der Waals surface area contributed by atoms with Crippen LogP contribution in [0.5, 0.6) is 0 Å². The number of nitrogens with one attached hydrogen (secondary N) is 1. The van der Waals surface area contributed by atoms with Crippen molar-refractivity contribution in [3.05, 3.63) is 0 Å². The quantitative estimate of drug-likeness (QED) is 0.852. The number of ether oxygens (including phenoxy) is 1. The van der Waals surface area contributed by atoms with Crippen LogP contribution >= 0.6 is 0 Å². The summed E-state index contributed by atoms with van der Waals surface area (Å²) in [6.07, 6.45) is 7.53. The topological polar surface area (TPSA) is 41.6 Å². The molecule has 1 aliphatic carbocycles. The third-order valence-electron chi connectivity index (χ3n) is 4.63. The number of carbonyl (C=O) groups excluding carboxylic acids is 1. The zero-order valence-electron chi connectivity index (χ0n) is 12.4. The molecule has 0 unspecified atom stereocenters. The number of nitrogens with zero attached hydrogens (tertiary/aromatic N) is 1. The zero-order valence-corrected chi connectivity index (χ0v) is 12.4. The largest absolute Gasteiger partial charge is 0.450 e. The lowest BCUT2D eigenvalue weighted by Gasteiger charge is -2.34. The van der Waals surface area contributed by atoms with Crippen molar-refractivity contribution in [2.45, 2.75) is 64.5 Å². The molecule has 1 amide bonds. The number of piperidine rings is 1. The van der Waals surface area contributed by atoms with Crippen molar-refractivity contribution in [3.63, 3.8) is 0 Å². The molecular weight excluding hydrogens is 240 g/mol. The third kappa shape index (κ3) is 4.10. The molecule has 0 aromatic carbocycles. The zero-order chi connectivity index (χ0) is 13.7. The van der Waals surface area contributed by atoms with Gasteiger partial charge in [0.25, 0.3) is 0 Å². The molecule has 2 aliphatic rings. The predicted molar refractivity (Wildman–Crippen MR) is 76.2 cm³/mol. The van der Waals surface area contributed by atoms with Gasteiger partial charge < -0.3 is 15.0 Å². The summed E-state index contributed by atoms with van der Waals surface area (Å²) in [6.45, 7) is 6.31. The van der Waals surface area contributed by atoms with Crippen LogP contribution in [0.1, 0.15) is 52.4 Å². The standard InChI is InChI=1S/C15H28N2O2/c1-3-19-15(18)17-10-8-14(9-11-17)16-12(2)13-6-4-5-7-13/h12-14,16H,3-11H2,1-2H3/t12-/m0/s1. The summed E-state index contributed by atoms with van der Waals surface area (Å²) in [5.74, 6) is 0.864. The van der Waals surface area contributed by atoms with Gasteiger partial charge in [0.05, 0.1) is 6.61 Å². The molecule has 2 rings (SSSR count). The highest BCUT2D eigenvalue weighted by molar-refractivity contribution is 5.67. The van der Waals surface area contributed by atoms with Gasteiger partial charge in [-0.15, -0.1) is 0 Å². The highest BCUT2D eigenvalue weighted by Crippen LogP contribution is 2.28. The maximum absolute atomic E-state index is 11.6. The lowest BCUT2D eigenvalue weighted by Crippen LogP contribution is -2.48. The van der Waals surface area contributed by atoms with Crippen LogP contribution < -0.4 is 5.32 Å². The summed E-state index contributed by atoms with van der Waals surface area (Å²) in [5, 5.41) is 3.77. The molecule has 2 fully saturated rings. The Morgan fingerprint density at radius 2 is 1.89 bits per heavy atom. The molecule has 1 N–H and O–H groups in total. The SMILES string of the molecule is CCOC(=O)N1CCC(N[C@@H](C)C2CCCC2)CC1. The van der Waals surface area contributed by atoms with Crippen molar-refractivity contribution < 1.29 is 9.53 Å². The average Bonchev–Trinajstić information content (AvgIpc) is 2.94. The molecule has 1 saturated carbocycles. The van der Waals surface area contributed by atoms with E-state index in [1.165, 1.54) is 25.7 Å². The van der Waals surface area contributed by atoms with Gasteiger partial charge in [0.1, 0.15) is 0 Å². The Bertz CT molecular complexity index is 282. The van der Waals surface area contributed by atoms with Crippen LogP contribution in [-0.4, -0.2) is 42.8 Å². The molecule has 1 saturated heterocycles. The molecule has 19 heavy (non-hydrogen) atoms. The first-order chi connectivity index (χ1) is 9.20. The number of hydrogen-bond donors (Lipinski definition) is 1. The van der Waals surface area contributed by atoms with Gasteiger partial charge in [-0.3, -0.25) is 0 Å². The second-order valence-corrected chi connectivity index (χ2v) is 5.96. The minimum Gasteiger partial charge on any atom is -0.450 e. The lowest BCUT2D eigenvalue weighted by molar-refractivity contribution is 0.0936. The first-order valence-corrected chi connectivity index (χ1v) is 7.88. The predicted octanol–water partition coefficient (Wildman–Crippen LogP) is 2.78. The van der Waals surface area contributed by atoms with Gasteiger partial charge in [0, 0.05) is 25.2 Å². The molecule has 0 aromatic rings. The second kappa shape index (κ2) is 7.13. The fourth-order valence-corrected chi connectivity index (χ4v) is 3.41. The normalized spacial score (nSPS) is 23.6. The molecule has 110 valence electrons. The summed E-state index contributed by atoms with van der Waals surface area (Å²) in [7, 11) is 0. The van der Waals surface area contributed by atoms with Crippen LogP contribution in [0, 0.1) is 5.92 Å². The first kappa shape index (κ1) is 14.6. The van der Waals surface area contributed by atoms with E-state index in [1.807, 2.05) is 11.8 Å². The Kier molecular flexibility index (Phi) is 5.49. The second-order valence-electron chi connectivity index (χ2n) is 5.96. The number of hydrogen-bond acceptors (Lipinski definition) is 3. The van der Waals surface area contributed by atoms with Gasteiger partial charge >= 0.3 is 6.09 Å². The van der Waals surface area contributed by atoms with Crippen molar-refractivity contribution in [2.75, 3.05) is 19.7 Å². The summed E-state index contributed by atoms with van der Waals surface area (Å²) >= 11 is 0. The van der Waals surface area contributed by atoms with Crippen LogP contribution in [0.15, 0.2) is 0 Å². The van der Waals surface area contributed by atoms with Crippen molar-refractivity contribution in [2.24, 2.45) is 5.92 Å². The van der Waals surface area contributed by atoms with Crippen LogP contribution in [0.25, 0.3) is 0 Å². The molecule has 0 radical (unpaired) electrons. The molecule has 4 heteroatoms. The fraction of sp³-hybridized carbons (Fsp3) is 0.933. The molecule has 0 bridgehead atoms. The summed E-state index contributed by atoms with van der Waals surface area (Å²) in [6, 6.07) is 1.20. The van der Waals surface area contributed by atoms with E-state index in [0.717, 1.165) is 31.8 Å². The van der Waals surface area contributed by atoms with Crippen molar-refractivity contribution >= 4 is 6.09 Å². The maximum atomic E-state index is 11.6. The monoisotopic (exact) mass is 268 g/mol. The highest BCUT2D eigenvalue weighted by Gasteiger charge is 2.27. The Hall–Kier alpha value is -0.770. The molecule has 1 aliphatic heterocycles. The molecule has 4 nitrogen and oxygen atoms in total. The molecule has 0 spiro atoms. The number of rotatable bonds is 4. The fourth-order valence-electron chi connectivity index (χ4n) is 3.41. The Labute approximate surface area is 116 Å². The third-order valence-corrected chi connectivity index (χ3v) is 4.63.